The van der Waals surface area contributed by atoms with E-state index >= 15 is 0 Å². The summed E-state index contributed by atoms with van der Waals surface area (Å²) in [5.41, 5.74) is 2.16. The van der Waals surface area contributed by atoms with Crippen molar-refractivity contribution in [2.75, 3.05) is 5.32 Å². The minimum atomic E-state index is -0.838. The van der Waals surface area contributed by atoms with Crippen LogP contribution >= 0.6 is 0 Å². The first-order chi connectivity index (χ1) is 15.5. The number of fused-ring (bicyclic) bond motifs is 1. The van der Waals surface area contributed by atoms with Gasteiger partial charge in [0.1, 0.15) is 12.4 Å². The molecule has 1 aliphatic rings. The lowest BCUT2D eigenvalue weighted by Crippen LogP contribution is -2.38. The number of benzene rings is 1. The Labute approximate surface area is 184 Å². The summed E-state index contributed by atoms with van der Waals surface area (Å²) in [6, 6.07) is 9.93. The molecule has 0 bridgehead atoms. The molecule has 0 spiro atoms. The number of nitrogens with one attached hydrogen (secondary N) is 1. The minimum absolute atomic E-state index is 0.441. The molecule has 0 amide bonds. The molecule has 168 valence electrons. The molecule has 4 rings (SSSR count). The van der Waals surface area contributed by atoms with Crippen molar-refractivity contribution in [3.05, 3.63) is 48.5 Å². The molecule has 10 heteroatoms. The highest BCUT2D eigenvalue weighted by Gasteiger charge is 2.49. The van der Waals surface area contributed by atoms with Gasteiger partial charge < -0.3 is 19.5 Å². The summed E-state index contributed by atoms with van der Waals surface area (Å²) < 4.78 is 18.8. The van der Waals surface area contributed by atoms with Crippen molar-refractivity contribution < 1.29 is 23.8 Å². The predicted molar refractivity (Wildman–Crippen MR) is 114 cm³/mol. The SMILES string of the molecule is CC[C@H]1O[C@@H](n2cnc3c(NCc4ccccc4)ncnc32)[C@@H](OC(C)=O)C1OC(C)=O. The van der Waals surface area contributed by atoms with Crippen LogP contribution in [0.25, 0.3) is 11.2 Å². The normalized spacial score (nSPS) is 22.6. The topological polar surface area (TPSA) is 117 Å². The molecule has 0 saturated carbocycles. The number of aromatic nitrogens is 4. The molecule has 2 aromatic heterocycles. The molecule has 1 fully saturated rings. The number of carbonyl (C=O) groups is 2. The van der Waals surface area contributed by atoms with Crippen LogP contribution in [0.15, 0.2) is 43.0 Å². The molecular formula is C22H25N5O5. The second-order valence-corrected chi connectivity index (χ2v) is 7.51. The minimum Gasteiger partial charge on any atom is -0.456 e. The summed E-state index contributed by atoms with van der Waals surface area (Å²) in [5.74, 6) is -0.398. The van der Waals surface area contributed by atoms with Gasteiger partial charge >= 0.3 is 11.9 Å². The Morgan fingerprint density at radius 1 is 1.06 bits per heavy atom. The molecule has 3 heterocycles. The van der Waals surface area contributed by atoms with E-state index < -0.39 is 36.5 Å². The average Bonchev–Trinajstić information content (AvgIpc) is 3.34. The van der Waals surface area contributed by atoms with Gasteiger partial charge in [0.15, 0.2) is 35.4 Å². The Bertz CT molecular complexity index is 1100. The molecule has 1 N–H and O–H groups in total. The van der Waals surface area contributed by atoms with Crippen LogP contribution in [0, 0.1) is 0 Å². The van der Waals surface area contributed by atoms with Crippen molar-refractivity contribution in [1.29, 1.82) is 0 Å². The lowest BCUT2D eigenvalue weighted by molar-refractivity contribution is -0.165. The highest BCUT2D eigenvalue weighted by atomic mass is 16.6. The average molecular weight is 439 g/mol. The van der Waals surface area contributed by atoms with Gasteiger partial charge in [-0.3, -0.25) is 14.2 Å². The van der Waals surface area contributed by atoms with Crippen molar-refractivity contribution in [3.8, 4) is 0 Å². The highest BCUT2D eigenvalue weighted by Crippen LogP contribution is 2.37. The van der Waals surface area contributed by atoms with Crippen molar-refractivity contribution in [2.45, 2.75) is 58.3 Å². The third-order valence-electron chi connectivity index (χ3n) is 5.23. The van der Waals surface area contributed by atoms with Gasteiger partial charge in [0.05, 0.1) is 6.33 Å². The summed E-state index contributed by atoms with van der Waals surface area (Å²) in [7, 11) is 0. The van der Waals surface area contributed by atoms with Crippen molar-refractivity contribution >= 4 is 28.9 Å². The van der Waals surface area contributed by atoms with Gasteiger partial charge in [-0.1, -0.05) is 37.3 Å². The number of hydrogen-bond acceptors (Lipinski definition) is 9. The van der Waals surface area contributed by atoms with Crippen LogP contribution in [0.3, 0.4) is 0 Å². The quantitative estimate of drug-likeness (QED) is 0.554. The summed E-state index contributed by atoms with van der Waals surface area (Å²) >= 11 is 0. The zero-order valence-electron chi connectivity index (χ0n) is 18.1. The third-order valence-corrected chi connectivity index (χ3v) is 5.23. The number of ether oxygens (including phenoxy) is 3. The molecular weight excluding hydrogens is 414 g/mol. The smallest absolute Gasteiger partial charge is 0.303 e. The fourth-order valence-corrected chi connectivity index (χ4v) is 3.86. The predicted octanol–water partition coefficient (Wildman–Crippen LogP) is 2.61. The maximum Gasteiger partial charge on any atom is 0.303 e. The van der Waals surface area contributed by atoms with E-state index in [1.165, 1.54) is 20.2 Å². The van der Waals surface area contributed by atoms with Crippen LogP contribution in [0.5, 0.6) is 0 Å². The first-order valence-corrected chi connectivity index (χ1v) is 10.4. The largest absolute Gasteiger partial charge is 0.456 e. The van der Waals surface area contributed by atoms with E-state index in [1.807, 2.05) is 37.3 Å². The van der Waals surface area contributed by atoms with E-state index in [2.05, 4.69) is 20.3 Å². The number of esters is 2. The Morgan fingerprint density at radius 2 is 1.78 bits per heavy atom. The molecule has 1 saturated heterocycles. The molecule has 3 aromatic rings. The molecule has 1 aliphatic heterocycles. The van der Waals surface area contributed by atoms with Crippen LogP contribution in [0.1, 0.15) is 39.0 Å². The molecule has 32 heavy (non-hydrogen) atoms. The fourth-order valence-electron chi connectivity index (χ4n) is 3.86. The van der Waals surface area contributed by atoms with Gasteiger partial charge in [-0.05, 0) is 12.0 Å². The Balaban J connectivity index is 1.65. The van der Waals surface area contributed by atoms with E-state index in [9.17, 15) is 9.59 Å². The lowest BCUT2D eigenvalue weighted by Gasteiger charge is -2.23. The van der Waals surface area contributed by atoms with Gasteiger partial charge in [0, 0.05) is 20.4 Å². The van der Waals surface area contributed by atoms with E-state index in [1.54, 1.807) is 10.9 Å². The molecule has 4 atom stereocenters. The molecule has 0 radical (unpaired) electrons. The zero-order chi connectivity index (χ0) is 22.7. The van der Waals surface area contributed by atoms with Gasteiger partial charge in [-0.2, -0.15) is 0 Å². The monoisotopic (exact) mass is 439 g/mol. The number of imidazole rings is 1. The number of carbonyl (C=O) groups excluding carboxylic acids is 2. The van der Waals surface area contributed by atoms with E-state index in [0.717, 1.165) is 5.56 Å². The van der Waals surface area contributed by atoms with Crippen LogP contribution in [-0.4, -0.2) is 49.8 Å². The highest BCUT2D eigenvalue weighted by molar-refractivity contribution is 5.82. The van der Waals surface area contributed by atoms with E-state index in [4.69, 9.17) is 14.2 Å². The van der Waals surface area contributed by atoms with Crippen LogP contribution in [0.4, 0.5) is 5.82 Å². The van der Waals surface area contributed by atoms with Crippen LogP contribution in [0.2, 0.25) is 0 Å². The fraction of sp³-hybridized carbons (Fsp3) is 0.409. The summed E-state index contributed by atoms with van der Waals surface area (Å²) in [4.78, 5) is 36.6. The number of hydrogen-bond donors (Lipinski definition) is 1. The Morgan fingerprint density at radius 3 is 2.47 bits per heavy atom. The van der Waals surface area contributed by atoms with Crippen molar-refractivity contribution in [1.82, 2.24) is 19.5 Å². The number of rotatable bonds is 7. The molecule has 10 nitrogen and oxygen atoms in total. The molecule has 1 aromatic carbocycles. The van der Waals surface area contributed by atoms with Crippen molar-refractivity contribution in [3.63, 3.8) is 0 Å². The van der Waals surface area contributed by atoms with Crippen LogP contribution < -0.4 is 5.32 Å². The summed E-state index contributed by atoms with van der Waals surface area (Å²) in [5, 5.41) is 3.28. The first-order valence-electron chi connectivity index (χ1n) is 10.4. The van der Waals surface area contributed by atoms with E-state index in [0.29, 0.717) is 29.9 Å². The summed E-state index contributed by atoms with van der Waals surface area (Å²) in [6.45, 7) is 5.10. The third kappa shape index (κ3) is 4.40. The maximum atomic E-state index is 11.8. The van der Waals surface area contributed by atoms with Gasteiger partial charge in [0.25, 0.3) is 0 Å². The molecule has 1 unspecified atom stereocenters. The number of anilines is 1. The zero-order valence-corrected chi connectivity index (χ0v) is 18.1. The van der Waals surface area contributed by atoms with Gasteiger partial charge in [0.2, 0.25) is 0 Å². The van der Waals surface area contributed by atoms with Gasteiger partial charge in [-0.25, -0.2) is 15.0 Å². The Hall–Kier alpha value is -3.53. The van der Waals surface area contributed by atoms with Crippen molar-refractivity contribution in [2.24, 2.45) is 0 Å². The second kappa shape index (κ2) is 9.31. The van der Waals surface area contributed by atoms with Crippen LogP contribution in [-0.2, 0) is 30.3 Å². The van der Waals surface area contributed by atoms with E-state index in [-0.39, 0.29) is 0 Å². The number of nitrogens with zero attached hydrogens (tertiary/aromatic N) is 4. The molecule has 0 aliphatic carbocycles. The lowest BCUT2D eigenvalue weighted by atomic mass is 10.1. The second-order valence-electron chi connectivity index (χ2n) is 7.51. The standard InChI is InChI=1S/C22H25N5O5/c1-4-16-18(30-13(2)28)19(31-14(3)29)22(32-16)27-12-26-17-20(24-11-25-21(17)27)23-10-15-8-6-5-7-9-15/h5-9,11-12,16,18-19,22H,4,10H2,1-3H3,(H,23,24,25)/t16-,18?,19+,22-/m1/s1. The van der Waals surface area contributed by atoms with Gasteiger partial charge in [-0.15, -0.1) is 0 Å². The first kappa shape index (κ1) is 21.7. The summed E-state index contributed by atoms with van der Waals surface area (Å²) in [6.07, 6.45) is 0.799. The maximum absolute atomic E-state index is 11.8. The Kier molecular flexibility index (Phi) is 6.31.